The number of rotatable bonds is 8. The Hall–Kier alpha value is -4.47. The molecule has 1 unspecified atom stereocenters. The lowest BCUT2D eigenvalue weighted by atomic mass is 10.1. The molecule has 33 heavy (non-hydrogen) atoms. The number of carbonyl (C=O) groups is 3. The maximum atomic E-state index is 14.4. The number of hydrogen-bond donors (Lipinski definition) is 3. The molecule has 1 heterocycles. The molecular formula is C23H21FN4O5. The van der Waals surface area contributed by atoms with Gasteiger partial charge < -0.3 is 25.8 Å². The molecule has 0 aliphatic heterocycles. The number of nitrogens with one attached hydrogen (secondary N) is 2. The molecule has 0 saturated carbocycles. The minimum atomic E-state index is -1.06. The minimum Gasteiger partial charge on any atom is -0.467 e. The van der Waals surface area contributed by atoms with E-state index in [1.165, 1.54) is 37.6 Å². The molecule has 1 aromatic heterocycles. The number of nitrogens with zero attached hydrogens (tertiary/aromatic N) is 1. The summed E-state index contributed by atoms with van der Waals surface area (Å²) in [6.07, 6.45) is 0.835. The third-order valence-electron chi connectivity index (χ3n) is 4.39. The average molecular weight is 452 g/mol. The Bertz CT molecular complexity index is 1160. The third-order valence-corrected chi connectivity index (χ3v) is 4.39. The van der Waals surface area contributed by atoms with Crippen molar-refractivity contribution < 1.29 is 28.2 Å². The van der Waals surface area contributed by atoms with Gasteiger partial charge in [0.15, 0.2) is 17.6 Å². The van der Waals surface area contributed by atoms with E-state index in [0.717, 1.165) is 6.07 Å². The lowest BCUT2D eigenvalue weighted by Crippen LogP contribution is -2.36. The summed E-state index contributed by atoms with van der Waals surface area (Å²) in [5.74, 6) is -2.38. The normalized spacial score (nSPS) is 11.2. The molecule has 2 amide bonds. The van der Waals surface area contributed by atoms with Crippen molar-refractivity contribution in [3.05, 3.63) is 78.2 Å². The van der Waals surface area contributed by atoms with Crippen LogP contribution in [0.5, 0.6) is 11.5 Å². The van der Waals surface area contributed by atoms with Crippen molar-refractivity contribution in [2.75, 3.05) is 18.2 Å². The second-order valence-electron chi connectivity index (χ2n) is 6.82. The largest absolute Gasteiger partial charge is 0.467 e. The number of carbonyl (C=O) groups excluding carboxylic acids is 3. The highest BCUT2D eigenvalue weighted by Crippen LogP contribution is 2.27. The van der Waals surface area contributed by atoms with Gasteiger partial charge in [-0.25, -0.2) is 14.2 Å². The van der Waals surface area contributed by atoms with Gasteiger partial charge in [0.2, 0.25) is 11.8 Å². The summed E-state index contributed by atoms with van der Waals surface area (Å²) in [4.78, 5) is 40.4. The first-order valence-corrected chi connectivity index (χ1v) is 9.76. The van der Waals surface area contributed by atoms with Crippen LogP contribution in [0.1, 0.15) is 18.0 Å². The first-order chi connectivity index (χ1) is 15.9. The number of methoxy groups -OCH3 is 1. The van der Waals surface area contributed by atoms with Crippen LogP contribution in [0.3, 0.4) is 0 Å². The zero-order valence-corrected chi connectivity index (χ0v) is 17.6. The number of pyridine rings is 1. The molecule has 2 aromatic carbocycles. The molecule has 3 aromatic rings. The van der Waals surface area contributed by atoms with Gasteiger partial charge >= 0.3 is 5.97 Å². The molecule has 4 N–H and O–H groups in total. The fourth-order valence-corrected chi connectivity index (χ4v) is 2.88. The van der Waals surface area contributed by atoms with Crippen LogP contribution in [0.15, 0.2) is 66.9 Å². The smallest absolute Gasteiger partial charge is 0.333 e. The van der Waals surface area contributed by atoms with Crippen molar-refractivity contribution in [3.63, 3.8) is 0 Å². The van der Waals surface area contributed by atoms with Gasteiger partial charge in [0, 0.05) is 24.0 Å². The van der Waals surface area contributed by atoms with Crippen LogP contribution >= 0.6 is 0 Å². The Labute approximate surface area is 188 Å². The van der Waals surface area contributed by atoms with E-state index < -0.39 is 36.1 Å². The van der Waals surface area contributed by atoms with Gasteiger partial charge in [-0.05, 0) is 23.8 Å². The molecular weight excluding hydrogens is 431 g/mol. The summed E-state index contributed by atoms with van der Waals surface area (Å²) in [6, 6.07) is 14.1. The highest BCUT2D eigenvalue weighted by molar-refractivity contribution is 6.04. The number of halogens is 1. The van der Waals surface area contributed by atoms with E-state index in [1.807, 2.05) is 0 Å². The molecule has 0 saturated heterocycles. The topological polar surface area (TPSA) is 133 Å². The van der Waals surface area contributed by atoms with Crippen molar-refractivity contribution in [1.29, 1.82) is 0 Å². The number of esters is 1. The lowest BCUT2D eigenvalue weighted by molar-refractivity contribution is -0.145. The second kappa shape index (κ2) is 10.7. The Morgan fingerprint density at radius 2 is 1.82 bits per heavy atom. The summed E-state index contributed by atoms with van der Waals surface area (Å²) < 4.78 is 24.5. The van der Waals surface area contributed by atoms with E-state index in [0.29, 0.717) is 11.3 Å². The zero-order valence-electron chi connectivity index (χ0n) is 17.6. The predicted molar refractivity (Wildman–Crippen MR) is 118 cm³/mol. The molecule has 10 heteroatoms. The Morgan fingerprint density at radius 3 is 2.48 bits per heavy atom. The molecule has 3 rings (SSSR count). The number of ether oxygens (including phenoxy) is 2. The summed E-state index contributed by atoms with van der Waals surface area (Å²) in [7, 11) is 1.20. The maximum absolute atomic E-state index is 14.4. The molecule has 0 radical (unpaired) electrons. The number of aromatic nitrogens is 1. The molecule has 1 atom stereocenters. The van der Waals surface area contributed by atoms with Crippen LogP contribution in [0, 0.1) is 5.82 Å². The van der Waals surface area contributed by atoms with E-state index in [2.05, 4.69) is 15.6 Å². The zero-order chi connectivity index (χ0) is 23.8. The van der Waals surface area contributed by atoms with E-state index in [1.54, 1.807) is 30.3 Å². The number of hydrogen-bond acceptors (Lipinski definition) is 7. The standard InChI is InChI=1S/C23H21FN4O5/c1-32-23(31)22(14-5-3-2-4-6-14)28-21(30)13-20(29)27-15-7-8-18(17(24)11-15)33-16-9-10-26-19(25)12-16/h2-12,22H,13H2,1H3,(H2,25,26)(H,27,29)(H,28,30). The van der Waals surface area contributed by atoms with Gasteiger partial charge in [-0.15, -0.1) is 0 Å². The van der Waals surface area contributed by atoms with Crippen molar-refractivity contribution in [3.8, 4) is 11.5 Å². The third kappa shape index (κ3) is 6.50. The Morgan fingerprint density at radius 1 is 1.06 bits per heavy atom. The molecule has 9 nitrogen and oxygen atoms in total. The maximum Gasteiger partial charge on any atom is 0.333 e. The van der Waals surface area contributed by atoms with Crippen molar-refractivity contribution in [2.45, 2.75) is 12.5 Å². The number of nitrogens with two attached hydrogens (primary N) is 1. The van der Waals surface area contributed by atoms with Crippen LogP contribution in [0.4, 0.5) is 15.9 Å². The van der Waals surface area contributed by atoms with Crippen molar-refractivity contribution in [1.82, 2.24) is 10.3 Å². The molecule has 170 valence electrons. The quantitative estimate of drug-likeness (QED) is 0.354. The Balaban J connectivity index is 1.60. The lowest BCUT2D eigenvalue weighted by Gasteiger charge is -2.17. The van der Waals surface area contributed by atoms with Crippen LogP contribution in [0.2, 0.25) is 0 Å². The predicted octanol–water partition coefficient (Wildman–Crippen LogP) is 2.95. The fraction of sp³-hybridized carbons (Fsp3) is 0.130. The van der Waals surface area contributed by atoms with Gasteiger partial charge in [0.05, 0.1) is 7.11 Å². The SMILES string of the molecule is COC(=O)C(NC(=O)CC(=O)Nc1ccc(Oc2ccnc(N)c2)c(F)c1)c1ccccc1. The van der Waals surface area contributed by atoms with Gasteiger partial charge in [-0.1, -0.05) is 30.3 Å². The van der Waals surface area contributed by atoms with Crippen molar-refractivity contribution in [2.24, 2.45) is 0 Å². The summed E-state index contributed by atoms with van der Waals surface area (Å²) in [6.45, 7) is 0. The van der Waals surface area contributed by atoms with Crippen LogP contribution < -0.4 is 21.1 Å². The van der Waals surface area contributed by atoms with Crippen LogP contribution in [0.25, 0.3) is 0 Å². The molecule has 0 spiro atoms. The van der Waals surface area contributed by atoms with Crippen LogP contribution in [-0.2, 0) is 19.1 Å². The highest BCUT2D eigenvalue weighted by atomic mass is 19.1. The van der Waals surface area contributed by atoms with Gasteiger partial charge in [-0.2, -0.15) is 0 Å². The van der Waals surface area contributed by atoms with E-state index in [-0.39, 0.29) is 17.3 Å². The second-order valence-corrected chi connectivity index (χ2v) is 6.82. The van der Waals surface area contributed by atoms with Gasteiger partial charge in [0.1, 0.15) is 18.0 Å². The minimum absolute atomic E-state index is 0.0832. The molecule has 0 aliphatic rings. The summed E-state index contributed by atoms with van der Waals surface area (Å²) >= 11 is 0. The van der Waals surface area contributed by atoms with Crippen LogP contribution in [-0.4, -0.2) is 29.9 Å². The van der Waals surface area contributed by atoms with Gasteiger partial charge in [-0.3, -0.25) is 9.59 Å². The summed E-state index contributed by atoms with van der Waals surface area (Å²) in [5, 5.41) is 4.90. The first-order valence-electron chi connectivity index (χ1n) is 9.76. The van der Waals surface area contributed by atoms with E-state index in [9.17, 15) is 18.8 Å². The number of amides is 2. The number of nitrogen functional groups attached to an aromatic ring is 1. The monoisotopic (exact) mass is 452 g/mol. The van der Waals surface area contributed by atoms with Gasteiger partial charge in [0.25, 0.3) is 0 Å². The van der Waals surface area contributed by atoms with Crippen molar-refractivity contribution >= 4 is 29.3 Å². The van der Waals surface area contributed by atoms with E-state index >= 15 is 0 Å². The average Bonchev–Trinajstić information content (AvgIpc) is 2.79. The number of anilines is 2. The summed E-state index contributed by atoms with van der Waals surface area (Å²) in [5.41, 5.74) is 6.20. The Kier molecular flexibility index (Phi) is 7.53. The molecule has 0 fully saturated rings. The molecule has 0 aliphatic carbocycles. The first kappa shape index (κ1) is 23.2. The molecule has 0 bridgehead atoms. The fourth-order valence-electron chi connectivity index (χ4n) is 2.88. The van der Waals surface area contributed by atoms with E-state index in [4.69, 9.17) is 15.2 Å². The number of benzene rings is 2. The highest BCUT2D eigenvalue weighted by Gasteiger charge is 2.24.